The number of carbonyl (C=O) groups is 1. The summed E-state index contributed by atoms with van der Waals surface area (Å²) < 4.78 is 11.3. The van der Waals surface area contributed by atoms with E-state index >= 15 is 0 Å². The second-order valence-corrected chi connectivity index (χ2v) is 5.74. The molecule has 24 heavy (non-hydrogen) atoms. The maximum atomic E-state index is 13.0. The third-order valence-corrected chi connectivity index (χ3v) is 4.21. The first-order chi connectivity index (χ1) is 11.8. The lowest BCUT2D eigenvalue weighted by atomic mass is 10.0. The molecule has 1 N–H and O–H groups in total. The highest BCUT2D eigenvalue weighted by Gasteiger charge is 2.34. The first-order valence-corrected chi connectivity index (χ1v) is 7.95. The molecule has 1 amide bonds. The maximum Gasteiger partial charge on any atom is 0.254 e. The molecule has 0 aromatic heterocycles. The summed E-state index contributed by atoms with van der Waals surface area (Å²) in [5.41, 5.74) is 2.57. The zero-order valence-electron chi connectivity index (χ0n) is 13.2. The van der Waals surface area contributed by atoms with Gasteiger partial charge in [-0.25, -0.2) is 0 Å². The van der Waals surface area contributed by atoms with Crippen molar-refractivity contribution in [3.8, 4) is 11.5 Å². The lowest BCUT2D eigenvalue weighted by Gasteiger charge is -2.36. The molecule has 0 aliphatic carbocycles. The van der Waals surface area contributed by atoms with Crippen LogP contribution in [0.15, 0.2) is 55.1 Å². The Hall–Kier alpha value is -2.95. The van der Waals surface area contributed by atoms with Gasteiger partial charge in [-0.1, -0.05) is 36.4 Å². The quantitative estimate of drug-likeness (QED) is 0.882. The van der Waals surface area contributed by atoms with Crippen LogP contribution in [0.2, 0.25) is 0 Å². The van der Waals surface area contributed by atoms with Gasteiger partial charge in [0, 0.05) is 18.7 Å². The predicted molar refractivity (Wildman–Crippen MR) is 92.8 cm³/mol. The van der Waals surface area contributed by atoms with Crippen LogP contribution in [0.3, 0.4) is 0 Å². The minimum Gasteiger partial charge on any atom is -0.486 e. The van der Waals surface area contributed by atoms with Gasteiger partial charge in [-0.2, -0.15) is 0 Å². The molecule has 0 spiro atoms. The minimum atomic E-state index is -0.429. The molecule has 0 bridgehead atoms. The summed E-state index contributed by atoms with van der Waals surface area (Å²) >= 11 is 0. The van der Waals surface area contributed by atoms with E-state index in [4.69, 9.17) is 9.47 Å². The molecule has 2 aliphatic heterocycles. The van der Waals surface area contributed by atoms with Crippen LogP contribution in [0, 0.1) is 0 Å². The van der Waals surface area contributed by atoms with Crippen LogP contribution in [0.4, 0.5) is 11.4 Å². The largest absolute Gasteiger partial charge is 0.486 e. The van der Waals surface area contributed by atoms with Gasteiger partial charge in [-0.15, -0.1) is 6.58 Å². The van der Waals surface area contributed by atoms with Crippen LogP contribution < -0.4 is 19.7 Å². The van der Waals surface area contributed by atoms with E-state index < -0.39 is 6.04 Å². The molecule has 5 nitrogen and oxygen atoms in total. The molecule has 0 saturated carbocycles. The molecule has 2 aliphatic rings. The number of anilines is 2. The van der Waals surface area contributed by atoms with Gasteiger partial charge in [-0.05, 0) is 5.56 Å². The Morgan fingerprint density at radius 1 is 1.17 bits per heavy atom. The average molecular weight is 322 g/mol. The van der Waals surface area contributed by atoms with Crippen LogP contribution in [-0.2, 0) is 4.79 Å². The molecule has 4 rings (SSSR count). The summed E-state index contributed by atoms with van der Waals surface area (Å²) in [6, 6.07) is 13.0. The van der Waals surface area contributed by atoms with Gasteiger partial charge in [0.05, 0.1) is 11.4 Å². The second-order valence-electron chi connectivity index (χ2n) is 5.74. The highest BCUT2D eigenvalue weighted by Crippen LogP contribution is 2.44. The lowest BCUT2D eigenvalue weighted by Crippen LogP contribution is -2.42. The van der Waals surface area contributed by atoms with Crippen molar-refractivity contribution in [3.63, 3.8) is 0 Å². The van der Waals surface area contributed by atoms with Crippen LogP contribution in [-0.4, -0.2) is 25.7 Å². The Bertz CT molecular complexity index is 789. The number of nitrogens with one attached hydrogen (secondary N) is 1. The van der Waals surface area contributed by atoms with Gasteiger partial charge in [-0.3, -0.25) is 4.79 Å². The summed E-state index contributed by atoms with van der Waals surface area (Å²) in [7, 11) is 0. The van der Waals surface area contributed by atoms with E-state index in [9.17, 15) is 4.79 Å². The molecule has 5 heteroatoms. The number of hydrogen-bond donors (Lipinski definition) is 1. The van der Waals surface area contributed by atoms with Crippen molar-refractivity contribution in [2.75, 3.05) is 30.0 Å². The number of ether oxygens (including phenoxy) is 2. The van der Waals surface area contributed by atoms with Crippen LogP contribution in [0.5, 0.6) is 11.5 Å². The van der Waals surface area contributed by atoms with E-state index in [0.717, 1.165) is 16.9 Å². The molecule has 122 valence electrons. The number of benzene rings is 2. The molecule has 1 atom stereocenters. The summed E-state index contributed by atoms with van der Waals surface area (Å²) in [5.74, 6) is 1.36. The molecule has 1 unspecified atom stereocenters. The molecular formula is C19H18N2O3. The Balaban J connectivity index is 1.80. The molecule has 0 radical (unpaired) electrons. The third kappa shape index (κ3) is 2.38. The second kappa shape index (κ2) is 5.92. The number of fused-ring (bicyclic) bond motifs is 2. The zero-order chi connectivity index (χ0) is 16.5. The van der Waals surface area contributed by atoms with Crippen LogP contribution >= 0.6 is 0 Å². The number of hydrogen-bond acceptors (Lipinski definition) is 4. The first kappa shape index (κ1) is 14.6. The summed E-state index contributed by atoms with van der Waals surface area (Å²) in [4.78, 5) is 14.7. The number of nitrogens with zero attached hydrogens (tertiary/aromatic N) is 1. The topological polar surface area (TPSA) is 50.8 Å². The minimum absolute atomic E-state index is 0.00900. The fourth-order valence-corrected chi connectivity index (χ4v) is 3.10. The van der Waals surface area contributed by atoms with Gasteiger partial charge < -0.3 is 19.7 Å². The zero-order valence-corrected chi connectivity index (χ0v) is 13.2. The lowest BCUT2D eigenvalue weighted by molar-refractivity contribution is -0.119. The smallest absolute Gasteiger partial charge is 0.254 e. The van der Waals surface area contributed by atoms with Crippen molar-refractivity contribution < 1.29 is 14.3 Å². The van der Waals surface area contributed by atoms with Gasteiger partial charge in [0.2, 0.25) is 0 Å². The number of rotatable bonds is 3. The van der Waals surface area contributed by atoms with Crippen LogP contribution in [0.25, 0.3) is 0 Å². The van der Waals surface area contributed by atoms with Crippen molar-refractivity contribution in [2.45, 2.75) is 6.04 Å². The normalized spacial score (nSPS) is 18.6. The molecule has 0 fully saturated rings. The average Bonchev–Trinajstić information content (AvgIpc) is 2.63. The van der Waals surface area contributed by atoms with Gasteiger partial charge >= 0.3 is 0 Å². The maximum absolute atomic E-state index is 13.0. The van der Waals surface area contributed by atoms with E-state index in [1.165, 1.54) is 0 Å². The van der Waals surface area contributed by atoms with Crippen molar-refractivity contribution in [1.82, 2.24) is 0 Å². The van der Waals surface area contributed by atoms with Crippen molar-refractivity contribution in [1.29, 1.82) is 0 Å². The fourth-order valence-electron chi connectivity index (χ4n) is 3.10. The highest BCUT2D eigenvalue weighted by molar-refractivity contribution is 6.06. The van der Waals surface area contributed by atoms with Gasteiger partial charge in [0.1, 0.15) is 19.3 Å². The Morgan fingerprint density at radius 3 is 2.58 bits per heavy atom. The molecule has 0 saturated heterocycles. The summed E-state index contributed by atoms with van der Waals surface area (Å²) in [6.45, 7) is 5.26. The van der Waals surface area contributed by atoms with Gasteiger partial charge in [0.15, 0.2) is 11.5 Å². The molecule has 2 aromatic carbocycles. The monoisotopic (exact) mass is 322 g/mol. The molecule has 2 aromatic rings. The summed E-state index contributed by atoms with van der Waals surface area (Å²) in [5, 5.41) is 3.34. The SMILES string of the molecule is C=CCN1C(=O)C(c2ccccc2)Nc2cc3c(cc21)OCCO3. The van der Waals surface area contributed by atoms with Crippen molar-refractivity contribution >= 4 is 17.3 Å². The van der Waals surface area contributed by atoms with E-state index in [1.807, 2.05) is 42.5 Å². The van der Waals surface area contributed by atoms with E-state index in [0.29, 0.717) is 31.3 Å². The van der Waals surface area contributed by atoms with Crippen LogP contribution in [0.1, 0.15) is 11.6 Å². The highest BCUT2D eigenvalue weighted by atomic mass is 16.6. The van der Waals surface area contributed by atoms with E-state index in [2.05, 4.69) is 11.9 Å². The van der Waals surface area contributed by atoms with E-state index in [-0.39, 0.29) is 5.91 Å². The third-order valence-electron chi connectivity index (χ3n) is 4.21. The summed E-state index contributed by atoms with van der Waals surface area (Å²) in [6.07, 6.45) is 1.73. The standard InChI is InChI=1S/C19H18N2O3/c1-2-8-21-15-12-17-16(23-9-10-24-17)11-14(15)20-18(19(21)22)13-6-4-3-5-7-13/h2-7,11-12,18,20H,1,8-10H2. The Kier molecular flexibility index (Phi) is 3.61. The Morgan fingerprint density at radius 2 is 1.88 bits per heavy atom. The molecule has 2 heterocycles. The first-order valence-electron chi connectivity index (χ1n) is 7.95. The number of carbonyl (C=O) groups excluding carboxylic acids is 1. The Labute approximate surface area is 140 Å². The number of amides is 1. The van der Waals surface area contributed by atoms with Gasteiger partial charge in [0.25, 0.3) is 5.91 Å². The fraction of sp³-hybridized carbons (Fsp3) is 0.211. The van der Waals surface area contributed by atoms with Crippen molar-refractivity contribution in [3.05, 3.63) is 60.7 Å². The molecular weight excluding hydrogens is 304 g/mol. The van der Waals surface area contributed by atoms with E-state index in [1.54, 1.807) is 11.0 Å². The van der Waals surface area contributed by atoms with Crippen molar-refractivity contribution in [2.24, 2.45) is 0 Å². The predicted octanol–water partition coefficient (Wildman–Crippen LogP) is 3.14.